The highest BCUT2D eigenvalue weighted by molar-refractivity contribution is 5.99. The van der Waals surface area contributed by atoms with E-state index in [2.05, 4.69) is 20.9 Å². The highest BCUT2D eigenvalue weighted by Crippen LogP contribution is 2.26. The Morgan fingerprint density at radius 2 is 2.21 bits per heavy atom. The average molecular weight is 326 g/mol. The lowest BCUT2D eigenvalue weighted by molar-refractivity contribution is -0.115. The van der Waals surface area contributed by atoms with Gasteiger partial charge in [-0.3, -0.25) is 4.79 Å². The van der Waals surface area contributed by atoms with E-state index in [1.54, 1.807) is 18.3 Å². The van der Waals surface area contributed by atoms with Crippen molar-refractivity contribution in [3.05, 3.63) is 47.7 Å². The quantitative estimate of drug-likeness (QED) is 0.805. The van der Waals surface area contributed by atoms with E-state index in [1.807, 2.05) is 25.1 Å². The van der Waals surface area contributed by atoms with Gasteiger partial charge in [-0.25, -0.2) is 9.78 Å². The first-order valence-electron chi connectivity index (χ1n) is 7.56. The van der Waals surface area contributed by atoms with E-state index in [9.17, 15) is 9.59 Å². The number of pyridine rings is 1. The van der Waals surface area contributed by atoms with Crippen molar-refractivity contribution >= 4 is 23.3 Å². The van der Waals surface area contributed by atoms with Gasteiger partial charge in [0.1, 0.15) is 5.69 Å². The number of nitrogens with one attached hydrogen (secondary N) is 3. The molecule has 7 nitrogen and oxygen atoms in total. The van der Waals surface area contributed by atoms with Crippen LogP contribution in [-0.4, -0.2) is 24.0 Å². The molecule has 2 aromatic rings. The molecule has 0 bridgehead atoms. The number of fused-ring (bicyclic) bond motifs is 1. The summed E-state index contributed by atoms with van der Waals surface area (Å²) < 4.78 is 5.10. The van der Waals surface area contributed by atoms with Crippen molar-refractivity contribution in [3.8, 4) is 5.88 Å². The predicted octanol–water partition coefficient (Wildman–Crippen LogP) is 2.47. The van der Waals surface area contributed by atoms with Gasteiger partial charge >= 0.3 is 6.03 Å². The topological polar surface area (TPSA) is 92.3 Å². The number of carbonyl (C=O) groups is 2. The zero-order valence-corrected chi connectivity index (χ0v) is 13.4. The van der Waals surface area contributed by atoms with Crippen LogP contribution in [0.15, 0.2) is 36.5 Å². The Morgan fingerprint density at radius 1 is 1.38 bits per heavy atom. The fourth-order valence-electron chi connectivity index (χ4n) is 2.61. The van der Waals surface area contributed by atoms with Gasteiger partial charge in [0.05, 0.1) is 19.6 Å². The molecule has 1 atom stereocenters. The molecule has 1 aromatic carbocycles. The molecule has 1 aromatic heterocycles. The van der Waals surface area contributed by atoms with E-state index in [4.69, 9.17) is 4.74 Å². The summed E-state index contributed by atoms with van der Waals surface area (Å²) in [5, 5.41) is 8.37. The lowest BCUT2D eigenvalue weighted by atomic mass is 10.0. The number of ether oxygens (including phenoxy) is 1. The molecule has 0 radical (unpaired) electrons. The number of carbonyl (C=O) groups excluding carboxylic acids is 2. The van der Waals surface area contributed by atoms with Gasteiger partial charge in [0.2, 0.25) is 11.8 Å². The number of amides is 3. The standard InChI is InChI=1S/C17H18N4O3/c1-10(11-5-6-13-12(8-11)9-15(22)20-13)19-17(23)21-14-4-3-7-18-16(14)24-2/h3-8,10H,9H2,1-2H3,(H,20,22)(H2,19,21,23)/t10-/m1/s1. The number of rotatable bonds is 4. The molecule has 24 heavy (non-hydrogen) atoms. The first-order valence-corrected chi connectivity index (χ1v) is 7.56. The maximum atomic E-state index is 12.2. The third-order valence-electron chi connectivity index (χ3n) is 3.81. The summed E-state index contributed by atoms with van der Waals surface area (Å²) >= 11 is 0. The van der Waals surface area contributed by atoms with Crippen LogP contribution in [-0.2, 0) is 11.2 Å². The molecule has 2 heterocycles. The number of aromatic nitrogens is 1. The largest absolute Gasteiger partial charge is 0.480 e. The van der Waals surface area contributed by atoms with Crippen molar-refractivity contribution in [2.75, 3.05) is 17.7 Å². The molecule has 3 rings (SSSR count). The van der Waals surface area contributed by atoms with Crippen molar-refractivity contribution in [2.45, 2.75) is 19.4 Å². The number of nitrogens with zero attached hydrogens (tertiary/aromatic N) is 1. The van der Waals surface area contributed by atoms with Crippen LogP contribution in [0.2, 0.25) is 0 Å². The number of benzene rings is 1. The van der Waals surface area contributed by atoms with Crippen LogP contribution in [0.1, 0.15) is 24.1 Å². The van der Waals surface area contributed by atoms with Gasteiger partial charge in [-0.1, -0.05) is 12.1 Å². The summed E-state index contributed by atoms with van der Waals surface area (Å²) in [4.78, 5) is 27.6. The summed E-state index contributed by atoms with van der Waals surface area (Å²) in [5.74, 6) is 0.339. The monoisotopic (exact) mass is 326 g/mol. The molecule has 0 spiro atoms. The van der Waals surface area contributed by atoms with Gasteiger partial charge < -0.3 is 20.7 Å². The third-order valence-corrected chi connectivity index (χ3v) is 3.81. The van der Waals surface area contributed by atoms with Gasteiger partial charge in [0.25, 0.3) is 0 Å². The first-order chi connectivity index (χ1) is 11.6. The van der Waals surface area contributed by atoms with E-state index < -0.39 is 0 Å². The van der Waals surface area contributed by atoms with Crippen molar-refractivity contribution in [3.63, 3.8) is 0 Å². The fraction of sp³-hybridized carbons (Fsp3) is 0.235. The van der Waals surface area contributed by atoms with Crippen molar-refractivity contribution in [1.29, 1.82) is 0 Å². The highest BCUT2D eigenvalue weighted by atomic mass is 16.5. The normalized spacial score (nSPS) is 13.7. The Bertz CT molecular complexity index is 791. The number of hydrogen-bond acceptors (Lipinski definition) is 4. The summed E-state index contributed by atoms with van der Waals surface area (Å²) in [6.07, 6.45) is 1.96. The molecule has 0 aliphatic carbocycles. The van der Waals surface area contributed by atoms with Crippen LogP contribution >= 0.6 is 0 Å². The summed E-state index contributed by atoms with van der Waals surface area (Å²) in [6, 6.07) is 8.53. The molecule has 1 aliphatic heterocycles. The number of methoxy groups -OCH3 is 1. The zero-order valence-electron chi connectivity index (χ0n) is 13.4. The van der Waals surface area contributed by atoms with Crippen LogP contribution in [0.25, 0.3) is 0 Å². The summed E-state index contributed by atoms with van der Waals surface area (Å²) in [6.45, 7) is 1.88. The molecule has 7 heteroatoms. The second-order valence-corrected chi connectivity index (χ2v) is 5.52. The van der Waals surface area contributed by atoms with Gasteiger partial charge in [-0.2, -0.15) is 0 Å². The zero-order chi connectivity index (χ0) is 17.1. The molecular formula is C17H18N4O3. The molecule has 3 amide bonds. The molecule has 124 valence electrons. The van der Waals surface area contributed by atoms with Gasteiger partial charge in [-0.05, 0) is 36.2 Å². The summed E-state index contributed by atoms with van der Waals surface area (Å²) in [7, 11) is 1.49. The lowest BCUT2D eigenvalue weighted by Crippen LogP contribution is -2.31. The van der Waals surface area contributed by atoms with E-state index in [-0.39, 0.29) is 18.0 Å². The third kappa shape index (κ3) is 3.29. The molecule has 0 saturated carbocycles. The van der Waals surface area contributed by atoms with Crippen molar-refractivity contribution < 1.29 is 14.3 Å². The van der Waals surface area contributed by atoms with E-state index >= 15 is 0 Å². The second-order valence-electron chi connectivity index (χ2n) is 5.52. The number of anilines is 2. The predicted molar refractivity (Wildman–Crippen MR) is 90.1 cm³/mol. The smallest absolute Gasteiger partial charge is 0.319 e. The van der Waals surface area contributed by atoms with Crippen LogP contribution < -0.4 is 20.7 Å². The van der Waals surface area contributed by atoms with Crippen LogP contribution in [0.3, 0.4) is 0 Å². The first kappa shape index (κ1) is 15.8. The lowest BCUT2D eigenvalue weighted by Gasteiger charge is -2.16. The molecular weight excluding hydrogens is 308 g/mol. The maximum absolute atomic E-state index is 12.2. The Kier molecular flexibility index (Phi) is 4.33. The Hall–Kier alpha value is -3.09. The fourth-order valence-corrected chi connectivity index (χ4v) is 2.61. The Labute approximate surface area is 139 Å². The summed E-state index contributed by atoms with van der Waals surface area (Å²) in [5.41, 5.74) is 3.20. The minimum atomic E-state index is -0.358. The van der Waals surface area contributed by atoms with Gasteiger partial charge in [0, 0.05) is 11.9 Å². The van der Waals surface area contributed by atoms with Crippen LogP contribution in [0, 0.1) is 0 Å². The molecule has 3 N–H and O–H groups in total. The number of hydrogen-bond donors (Lipinski definition) is 3. The molecule has 0 fully saturated rings. The number of urea groups is 1. The van der Waals surface area contributed by atoms with Crippen LogP contribution in [0.5, 0.6) is 5.88 Å². The highest BCUT2D eigenvalue weighted by Gasteiger charge is 2.19. The average Bonchev–Trinajstić information content (AvgIpc) is 2.94. The molecule has 1 aliphatic rings. The van der Waals surface area contributed by atoms with E-state index in [0.29, 0.717) is 18.0 Å². The van der Waals surface area contributed by atoms with Crippen molar-refractivity contribution in [2.24, 2.45) is 0 Å². The minimum Gasteiger partial charge on any atom is -0.480 e. The molecule has 0 unspecified atom stereocenters. The van der Waals surface area contributed by atoms with Crippen LogP contribution in [0.4, 0.5) is 16.2 Å². The van der Waals surface area contributed by atoms with Gasteiger partial charge in [-0.15, -0.1) is 0 Å². The van der Waals surface area contributed by atoms with E-state index in [0.717, 1.165) is 16.8 Å². The van der Waals surface area contributed by atoms with Gasteiger partial charge in [0.15, 0.2) is 0 Å². The second kappa shape index (κ2) is 6.57. The maximum Gasteiger partial charge on any atom is 0.319 e. The van der Waals surface area contributed by atoms with E-state index in [1.165, 1.54) is 7.11 Å². The SMILES string of the molecule is COc1ncccc1NC(=O)N[C@H](C)c1ccc2c(c1)CC(=O)N2. The molecule has 0 saturated heterocycles. The Morgan fingerprint density at radius 3 is 3.00 bits per heavy atom. The Balaban J connectivity index is 1.66. The minimum absolute atomic E-state index is 0.0100. The van der Waals surface area contributed by atoms with Crippen molar-refractivity contribution in [1.82, 2.24) is 10.3 Å².